The number of rotatable bonds is 0. The summed E-state index contributed by atoms with van der Waals surface area (Å²) in [6.45, 7) is 29.9. The Balaban J connectivity index is 1.23. The van der Waals surface area contributed by atoms with Crippen molar-refractivity contribution < 1.29 is 0 Å². The van der Waals surface area contributed by atoms with Gasteiger partial charge in [-0.3, -0.25) is 0 Å². The average molecular weight is 627 g/mol. The maximum atomic E-state index is 2.88. The Kier molecular flexibility index (Phi) is 6.20. The van der Waals surface area contributed by atoms with Crippen molar-refractivity contribution in [3.05, 3.63) is 0 Å². The molecule has 0 amide bonds. The minimum atomic E-state index is 0.396. The highest BCUT2D eigenvalue weighted by molar-refractivity contribution is 5.30. The second-order valence-corrected chi connectivity index (χ2v) is 24.1. The van der Waals surface area contributed by atoms with Gasteiger partial charge in [-0.1, -0.05) is 76.2 Å². The van der Waals surface area contributed by atoms with Crippen LogP contribution in [0, 0.1) is 146 Å². The van der Waals surface area contributed by atoms with E-state index in [1.54, 1.807) is 64.2 Å². The lowest BCUT2D eigenvalue weighted by Crippen LogP contribution is -2.70. The van der Waals surface area contributed by atoms with Crippen molar-refractivity contribution in [3.8, 4) is 0 Å². The van der Waals surface area contributed by atoms with E-state index in [1.165, 1.54) is 0 Å². The van der Waals surface area contributed by atoms with Gasteiger partial charge in [-0.05, 0) is 210 Å². The number of hydrogen-bond donors (Lipinski definition) is 0. The summed E-state index contributed by atoms with van der Waals surface area (Å²) in [6.07, 6.45) is 16.1. The van der Waals surface area contributed by atoms with Gasteiger partial charge in [-0.25, -0.2) is 0 Å². The van der Waals surface area contributed by atoms with Crippen molar-refractivity contribution in [2.24, 2.45) is 146 Å². The summed E-state index contributed by atoms with van der Waals surface area (Å²) < 4.78 is 0. The minimum absolute atomic E-state index is 0.396. The van der Waals surface area contributed by atoms with Gasteiger partial charge in [0.15, 0.2) is 0 Å². The molecule has 0 heteroatoms. The molecule has 10 fully saturated rings. The molecular weight excluding hydrogens is 553 g/mol. The molecule has 10 rings (SSSR count). The van der Waals surface area contributed by atoms with Crippen LogP contribution in [0.1, 0.15) is 140 Å². The van der Waals surface area contributed by atoms with Crippen LogP contribution in [0.25, 0.3) is 0 Å². The molecule has 23 unspecified atom stereocenters. The standard InChI is InChI=1S/C46H74/c1-22-12-26-17-27-13-23(2)15-35-37(27)39-36(26)31(14-22)32-16-24(3)30-19-28-18-29(43(5,6)7)20-33-34-21-45(11,44(8,9)10)25(4)40(34)46(35,41(28)33)42(30)38(32)39/h22-42H,12-21H2,1-11H3. The highest BCUT2D eigenvalue weighted by Gasteiger charge is 2.83. The van der Waals surface area contributed by atoms with Gasteiger partial charge in [0.25, 0.3) is 0 Å². The molecule has 10 aliphatic carbocycles. The van der Waals surface area contributed by atoms with Crippen LogP contribution in [0.15, 0.2) is 0 Å². The van der Waals surface area contributed by atoms with Gasteiger partial charge < -0.3 is 0 Å². The number of hydrogen-bond acceptors (Lipinski definition) is 0. The first kappa shape index (κ1) is 30.8. The Morgan fingerprint density at radius 1 is 0.500 bits per heavy atom. The van der Waals surface area contributed by atoms with Crippen LogP contribution >= 0.6 is 0 Å². The molecule has 23 atom stereocenters. The molecule has 10 aliphatic rings. The normalized spacial score (nSPS) is 65.7. The lowest BCUT2D eigenvalue weighted by Gasteiger charge is -2.74. The van der Waals surface area contributed by atoms with Crippen LogP contribution in [0.5, 0.6) is 0 Å². The summed E-state index contributed by atoms with van der Waals surface area (Å²) in [5.41, 5.74) is 2.01. The molecule has 0 aromatic carbocycles. The molecule has 1 spiro atoms. The van der Waals surface area contributed by atoms with Crippen LogP contribution in [0.3, 0.4) is 0 Å². The van der Waals surface area contributed by atoms with Crippen LogP contribution in [0.4, 0.5) is 0 Å². The Morgan fingerprint density at radius 3 is 1.87 bits per heavy atom. The van der Waals surface area contributed by atoms with Gasteiger partial charge in [0.2, 0.25) is 0 Å². The third-order valence-corrected chi connectivity index (χ3v) is 21.2. The summed E-state index contributed by atoms with van der Waals surface area (Å²) in [6, 6.07) is 0. The van der Waals surface area contributed by atoms with E-state index in [2.05, 4.69) is 76.2 Å². The van der Waals surface area contributed by atoms with E-state index in [-0.39, 0.29) is 0 Å². The second kappa shape index (κ2) is 9.26. The Morgan fingerprint density at radius 2 is 1.17 bits per heavy atom. The lowest BCUT2D eigenvalue weighted by atomic mass is 9.30. The molecule has 10 saturated carbocycles. The first-order valence-electron chi connectivity index (χ1n) is 21.6. The first-order chi connectivity index (χ1) is 21.6. The van der Waals surface area contributed by atoms with E-state index in [1.807, 2.05) is 0 Å². The van der Waals surface area contributed by atoms with Crippen LogP contribution in [-0.2, 0) is 0 Å². The third-order valence-electron chi connectivity index (χ3n) is 21.2. The smallest absolute Gasteiger partial charge is 0.0165 e. The van der Waals surface area contributed by atoms with Crippen molar-refractivity contribution in [1.82, 2.24) is 0 Å². The van der Waals surface area contributed by atoms with Gasteiger partial charge in [0.1, 0.15) is 0 Å². The molecular formula is C46H74. The van der Waals surface area contributed by atoms with E-state index >= 15 is 0 Å². The fourth-order valence-electron chi connectivity index (χ4n) is 20.2. The van der Waals surface area contributed by atoms with Gasteiger partial charge in [-0.2, -0.15) is 0 Å². The molecule has 0 aromatic heterocycles. The first-order valence-corrected chi connectivity index (χ1v) is 21.6. The Hall–Kier alpha value is 0. The van der Waals surface area contributed by atoms with Crippen molar-refractivity contribution in [3.63, 3.8) is 0 Å². The topological polar surface area (TPSA) is 0 Å². The molecule has 0 aromatic rings. The van der Waals surface area contributed by atoms with E-state index < -0.39 is 0 Å². The molecule has 0 radical (unpaired) electrons. The Bertz CT molecular complexity index is 1260. The molecule has 0 N–H and O–H groups in total. The van der Waals surface area contributed by atoms with Crippen molar-refractivity contribution >= 4 is 0 Å². The van der Waals surface area contributed by atoms with E-state index in [0.29, 0.717) is 21.7 Å². The predicted octanol–water partition coefficient (Wildman–Crippen LogP) is 12.1. The van der Waals surface area contributed by atoms with E-state index in [9.17, 15) is 0 Å². The Labute approximate surface area is 285 Å². The molecule has 258 valence electrons. The quantitative estimate of drug-likeness (QED) is 0.251. The van der Waals surface area contributed by atoms with Gasteiger partial charge >= 0.3 is 0 Å². The van der Waals surface area contributed by atoms with E-state index in [0.717, 1.165) is 124 Å². The predicted molar refractivity (Wildman–Crippen MR) is 192 cm³/mol. The molecule has 0 nitrogen and oxygen atoms in total. The molecule has 0 bridgehead atoms. The molecule has 46 heavy (non-hydrogen) atoms. The third kappa shape index (κ3) is 3.43. The van der Waals surface area contributed by atoms with Gasteiger partial charge in [0.05, 0.1) is 0 Å². The summed E-state index contributed by atoms with van der Waals surface area (Å²) >= 11 is 0. The summed E-state index contributed by atoms with van der Waals surface area (Å²) in [7, 11) is 0. The van der Waals surface area contributed by atoms with Crippen LogP contribution in [0.2, 0.25) is 0 Å². The fraction of sp³-hybridized carbons (Fsp3) is 1.00. The average Bonchev–Trinajstić information content (AvgIpc) is 3.53. The maximum absolute atomic E-state index is 2.88. The molecule has 0 heterocycles. The van der Waals surface area contributed by atoms with Gasteiger partial charge in [0, 0.05) is 0 Å². The zero-order valence-corrected chi connectivity index (χ0v) is 32.2. The summed E-state index contributed by atoms with van der Waals surface area (Å²) in [5.74, 6) is 22.0. The van der Waals surface area contributed by atoms with Crippen LogP contribution in [-0.4, -0.2) is 0 Å². The highest BCUT2D eigenvalue weighted by atomic mass is 14.9. The van der Waals surface area contributed by atoms with Crippen molar-refractivity contribution in [2.45, 2.75) is 140 Å². The highest BCUT2D eigenvalue weighted by Crippen LogP contribution is 2.87. The zero-order valence-electron chi connectivity index (χ0n) is 32.2. The molecule has 0 aliphatic heterocycles. The molecule has 0 saturated heterocycles. The van der Waals surface area contributed by atoms with Gasteiger partial charge in [-0.15, -0.1) is 0 Å². The lowest BCUT2D eigenvalue weighted by molar-refractivity contribution is -0.270. The van der Waals surface area contributed by atoms with Crippen molar-refractivity contribution in [2.75, 3.05) is 0 Å². The SMILES string of the molecule is CC1CC2CC3CC(C)CC4C3C3C2C(C1)C1CC(C)C2CC5CC(C(C)(C)C)CC6C7CC(C)(C(C)(C)C)C(C)C7C4(C56)C2C13. The zero-order chi connectivity index (χ0) is 32.2. The fourth-order valence-corrected chi connectivity index (χ4v) is 20.2. The monoisotopic (exact) mass is 627 g/mol. The summed E-state index contributed by atoms with van der Waals surface area (Å²) in [5, 5.41) is 0. The van der Waals surface area contributed by atoms with Crippen LogP contribution < -0.4 is 0 Å². The second-order valence-electron chi connectivity index (χ2n) is 24.1. The maximum Gasteiger partial charge on any atom is -0.0165 e. The largest absolute Gasteiger partial charge is 0.0625 e. The summed E-state index contributed by atoms with van der Waals surface area (Å²) in [4.78, 5) is 0. The minimum Gasteiger partial charge on any atom is -0.0625 e. The number of fused-ring (bicyclic) bond motifs is 3. The van der Waals surface area contributed by atoms with Crippen molar-refractivity contribution in [1.29, 1.82) is 0 Å². The van der Waals surface area contributed by atoms with E-state index in [4.69, 9.17) is 0 Å².